The molecule has 18 heavy (non-hydrogen) atoms. The van der Waals surface area contributed by atoms with Crippen LogP contribution in [-0.2, 0) is 0 Å². The highest BCUT2D eigenvalue weighted by molar-refractivity contribution is 5.88. The van der Waals surface area contributed by atoms with Crippen molar-refractivity contribution in [1.82, 2.24) is 9.97 Å². The van der Waals surface area contributed by atoms with E-state index in [0.717, 1.165) is 11.3 Å². The molecule has 3 rings (SSSR count). The molecule has 0 unspecified atom stereocenters. The van der Waals surface area contributed by atoms with Gasteiger partial charge < -0.3 is 5.43 Å². The fourth-order valence-electron chi connectivity index (χ4n) is 1.99. The average molecular weight is 236 g/mol. The summed E-state index contributed by atoms with van der Waals surface area (Å²) in [6.07, 6.45) is 3.27. The van der Waals surface area contributed by atoms with Crippen LogP contribution in [0.1, 0.15) is 0 Å². The highest BCUT2D eigenvalue weighted by atomic mass is 15.3. The predicted octanol–water partition coefficient (Wildman–Crippen LogP) is 2.58. The maximum Gasteiger partial charge on any atom is 0.166 e. The van der Waals surface area contributed by atoms with Crippen LogP contribution in [0.3, 0.4) is 0 Å². The van der Waals surface area contributed by atoms with Gasteiger partial charge >= 0.3 is 0 Å². The molecular formula is C14H12N4. The fraction of sp³-hybridized carbons (Fsp3) is 0. The Morgan fingerprint density at radius 3 is 2.50 bits per heavy atom. The molecule has 3 N–H and O–H groups in total. The number of anilines is 1. The molecule has 4 nitrogen and oxygen atoms in total. The van der Waals surface area contributed by atoms with Gasteiger partial charge in [0.1, 0.15) is 5.69 Å². The van der Waals surface area contributed by atoms with Gasteiger partial charge in [-0.25, -0.2) is 10.8 Å². The minimum absolute atomic E-state index is 0.577. The van der Waals surface area contributed by atoms with Crippen molar-refractivity contribution >= 4 is 16.6 Å². The van der Waals surface area contributed by atoms with Crippen molar-refractivity contribution in [2.75, 3.05) is 5.43 Å². The van der Waals surface area contributed by atoms with E-state index < -0.39 is 0 Å². The summed E-state index contributed by atoms with van der Waals surface area (Å²) in [5, 5.41) is 2.37. The van der Waals surface area contributed by atoms with Gasteiger partial charge in [0.15, 0.2) is 5.82 Å². The number of aromatic nitrogens is 2. The zero-order valence-corrected chi connectivity index (χ0v) is 9.67. The molecule has 0 aliphatic heterocycles. The summed E-state index contributed by atoms with van der Waals surface area (Å²) < 4.78 is 0. The fourth-order valence-corrected chi connectivity index (χ4v) is 1.99. The number of hydrazine groups is 1. The lowest BCUT2D eigenvalue weighted by atomic mass is 10.0. The lowest BCUT2D eigenvalue weighted by Crippen LogP contribution is -2.10. The molecule has 1 aromatic heterocycles. The Labute approximate surface area is 104 Å². The Hall–Kier alpha value is -2.46. The highest BCUT2D eigenvalue weighted by Gasteiger charge is 2.06. The van der Waals surface area contributed by atoms with Gasteiger partial charge in [-0.3, -0.25) is 4.98 Å². The van der Waals surface area contributed by atoms with Gasteiger partial charge in [0, 0.05) is 18.0 Å². The van der Waals surface area contributed by atoms with E-state index in [2.05, 4.69) is 39.7 Å². The average Bonchev–Trinajstić information content (AvgIpc) is 2.46. The molecule has 4 heteroatoms. The quantitative estimate of drug-likeness (QED) is 0.530. The Balaban J connectivity index is 2.19. The lowest BCUT2D eigenvalue weighted by Gasteiger charge is -2.07. The number of hydrogen-bond acceptors (Lipinski definition) is 4. The van der Waals surface area contributed by atoms with Crippen molar-refractivity contribution in [1.29, 1.82) is 0 Å². The molecule has 0 bridgehead atoms. The van der Waals surface area contributed by atoms with Gasteiger partial charge in [-0.05, 0) is 16.8 Å². The standard InChI is InChI=1S/C14H12N4/c15-18-14-13(16-7-8-17-14)12-6-5-10-3-1-2-4-11(10)9-12/h1-9H,15H2,(H,17,18). The number of rotatable bonds is 2. The zero-order chi connectivity index (χ0) is 12.4. The normalized spacial score (nSPS) is 10.5. The topological polar surface area (TPSA) is 63.8 Å². The molecule has 1 heterocycles. The van der Waals surface area contributed by atoms with Crippen LogP contribution in [0.5, 0.6) is 0 Å². The summed E-state index contributed by atoms with van der Waals surface area (Å²) in [5.74, 6) is 6.02. The van der Waals surface area contributed by atoms with Gasteiger partial charge in [-0.15, -0.1) is 0 Å². The molecule has 3 aromatic rings. The van der Waals surface area contributed by atoms with Gasteiger partial charge in [0.05, 0.1) is 0 Å². The first-order valence-electron chi connectivity index (χ1n) is 5.65. The number of nitrogens with two attached hydrogens (primary N) is 1. The molecule has 0 saturated heterocycles. The highest BCUT2D eigenvalue weighted by Crippen LogP contribution is 2.26. The summed E-state index contributed by atoms with van der Waals surface area (Å²) in [7, 11) is 0. The lowest BCUT2D eigenvalue weighted by molar-refractivity contribution is 1.16. The van der Waals surface area contributed by atoms with Crippen molar-refractivity contribution < 1.29 is 0 Å². The van der Waals surface area contributed by atoms with E-state index in [1.54, 1.807) is 12.4 Å². The number of hydrogen-bond donors (Lipinski definition) is 2. The van der Waals surface area contributed by atoms with Gasteiger partial charge in [-0.1, -0.05) is 36.4 Å². The molecule has 2 aromatic carbocycles. The molecule has 0 saturated carbocycles. The van der Waals surface area contributed by atoms with Crippen molar-refractivity contribution in [2.24, 2.45) is 5.84 Å². The van der Waals surface area contributed by atoms with Crippen LogP contribution in [0, 0.1) is 0 Å². The summed E-state index contributed by atoms with van der Waals surface area (Å²) in [4.78, 5) is 8.48. The molecule has 0 amide bonds. The van der Waals surface area contributed by atoms with E-state index in [4.69, 9.17) is 5.84 Å². The van der Waals surface area contributed by atoms with E-state index >= 15 is 0 Å². The van der Waals surface area contributed by atoms with E-state index in [-0.39, 0.29) is 0 Å². The first-order valence-corrected chi connectivity index (χ1v) is 5.65. The number of nitrogens with zero attached hydrogens (tertiary/aromatic N) is 2. The van der Waals surface area contributed by atoms with E-state index in [0.29, 0.717) is 5.82 Å². The minimum atomic E-state index is 0.577. The summed E-state index contributed by atoms with van der Waals surface area (Å²) in [6, 6.07) is 14.4. The van der Waals surface area contributed by atoms with Crippen molar-refractivity contribution in [2.45, 2.75) is 0 Å². The van der Waals surface area contributed by atoms with Crippen molar-refractivity contribution in [3.05, 3.63) is 54.9 Å². The van der Waals surface area contributed by atoms with Crippen LogP contribution in [0.4, 0.5) is 5.82 Å². The van der Waals surface area contributed by atoms with Crippen LogP contribution < -0.4 is 11.3 Å². The second-order valence-electron chi connectivity index (χ2n) is 3.96. The van der Waals surface area contributed by atoms with Crippen LogP contribution >= 0.6 is 0 Å². The Morgan fingerprint density at radius 2 is 1.67 bits per heavy atom. The molecule has 0 atom stereocenters. The number of nitrogen functional groups attached to an aromatic ring is 1. The van der Waals surface area contributed by atoms with Crippen LogP contribution in [0.15, 0.2) is 54.9 Å². The van der Waals surface area contributed by atoms with Crippen molar-refractivity contribution in [3.8, 4) is 11.3 Å². The smallest absolute Gasteiger partial charge is 0.166 e. The monoisotopic (exact) mass is 236 g/mol. The first kappa shape index (κ1) is 10.7. The largest absolute Gasteiger partial charge is 0.307 e. The molecule has 88 valence electrons. The predicted molar refractivity (Wildman–Crippen MR) is 72.8 cm³/mol. The van der Waals surface area contributed by atoms with E-state index in [1.807, 2.05) is 18.2 Å². The van der Waals surface area contributed by atoms with E-state index in [9.17, 15) is 0 Å². The van der Waals surface area contributed by atoms with Crippen LogP contribution in [-0.4, -0.2) is 9.97 Å². The van der Waals surface area contributed by atoms with Gasteiger partial charge in [0.25, 0.3) is 0 Å². The van der Waals surface area contributed by atoms with Crippen molar-refractivity contribution in [3.63, 3.8) is 0 Å². The van der Waals surface area contributed by atoms with E-state index in [1.165, 1.54) is 10.8 Å². The first-order chi connectivity index (χ1) is 8.88. The number of benzene rings is 2. The SMILES string of the molecule is NNc1nccnc1-c1ccc2ccccc2c1. The Kier molecular flexibility index (Phi) is 2.63. The van der Waals surface area contributed by atoms with Gasteiger partial charge in [0.2, 0.25) is 0 Å². The second kappa shape index (κ2) is 4.43. The zero-order valence-electron chi connectivity index (χ0n) is 9.67. The molecule has 0 aliphatic carbocycles. The minimum Gasteiger partial charge on any atom is -0.307 e. The second-order valence-corrected chi connectivity index (χ2v) is 3.96. The third kappa shape index (κ3) is 1.78. The van der Waals surface area contributed by atoms with Gasteiger partial charge in [-0.2, -0.15) is 0 Å². The Bertz CT molecular complexity index is 694. The number of nitrogens with one attached hydrogen (secondary N) is 1. The summed E-state index contributed by atoms with van der Waals surface area (Å²) >= 11 is 0. The van der Waals surface area contributed by atoms with Crippen LogP contribution in [0.25, 0.3) is 22.0 Å². The maximum atomic E-state index is 5.45. The number of fused-ring (bicyclic) bond motifs is 1. The molecule has 0 radical (unpaired) electrons. The third-order valence-corrected chi connectivity index (χ3v) is 2.86. The maximum absolute atomic E-state index is 5.45. The van der Waals surface area contributed by atoms with Crippen LogP contribution in [0.2, 0.25) is 0 Å². The third-order valence-electron chi connectivity index (χ3n) is 2.86. The summed E-state index contributed by atoms with van der Waals surface area (Å²) in [5.41, 5.74) is 4.32. The molecule has 0 aliphatic rings. The Morgan fingerprint density at radius 1 is 0.889 bits per heavy atom. The summed E-state index contributed by atoms with van der Waals surface area (Å²) in [6.45, 7) is 0. The molecule has 0 spiro atoms. The molecule has 0 fully saturated rings. The molecular weight excluding hydrogens is 224 g/mol.